The van der Waals surface area contributed by atoms with E-state index in [-0.39, 0.29) is 17.5 Å². The Labute approximate surface area is 113 Å². The molecule has 0 aliphatic carbocycles. The fourth-order valence-electron chi connectivity index (χ4n) is 2.01. The van der Waals surface area contributed by atoms with Gasteiger partial charge in [0.05, 0.1) is 26.5 Å². The third-order valence-electron chi connectivity index (χ3n) is 3.28. The van der Waals surface area contributed by atoms with Crippen molar-refractivity contribution in [2.24, 2.45) is 5.92 Å². The summed E-state index contributed by atoms with van der Waals surface area (Å²) in [6.45, 7) is 3.95. The molecule has 0 aliphatic rings. The van der Waals surface area contributed by atoms with Gasteiger partial charge in [0.2, 0.25) is 11.8 Å². The lowest BCUT2D eigenvalue weighted by Gasteiger charge is -2.25. The van der Waals surface area contributed by atoms with Crippen LogP contribution in [0.25, 0.3) is 0 Å². The number of hydrogen-bond donors (Lipinski definition) is 2. The van der Waals surface area contributed by atoms with Gasteiger partial charge in [0, 0.05) is 0 Å². The van der Waals surface area contributed by atoms with Gasteiger partial charge in [-0.25, -0.2) is 4.98 Å². The maximum Gasteiger partial charge on any atom is 0.241 e. The summed E-state index contributed by atoms with van der Waals surface area (Å²) >= 11 is 0. The van der Waals surface area contributed by atoms with Crippen LogP contribution in [0.1, 0.15) is 38.5 Å². The van der Waals surface area contributed by atoms with E-state index < -0.39 is 12.2 Å². The highest BCUT2D eigenvalue weighted by molar-refractivity contribution is 5.25. The Balaban J connectivity index is 3.01. The number of ether oxygens (including phenoxy) is 2. The van der Waals surface area contributed by atoms with Crippen molar-refractivity contribution >= 4 is 0 Å². The molecule has 108 valence electrons. The van der Waals surface area contributed by atoms with Gasteiger partial charge in [-0.1, -0.05) is 26.7 Å². The highest BCUT2D eigenvalue weighted by atomic mass is 16.5. The lowest BCUT2D eigenvalue weighted by molar-refractivity contribution is -0.0245. The van der Waals surface area contributed by atoms with Crippen molar-refractivity contribution in [1.82, 2.24) is 9.97 Å². The van der Waals surface area contributed by atoms with E-state index in [0.717, 1.165) is 12.8 Å². The molecule has 1 aromatic rings. The van der Waals surface area contributed by atoms with E-state index in [1.807, 2.05) is 13.8 Å². The first kappa shape index (κ1) is 15.7. The van der Waals surface area contributed by atoms with Crippen LogP contribution in [-0.2, 0) is 0 Å². The second kappa shape index (κ2) is 7.25. The second-order valence-electron chi connectivity index (χ2n) is 4.32. The third kappa shape index (κ3) is 3.54. The molecule has 2 unspecified atom stereocenters. The first-order valence-electron chi connectivity index (χ1n) is 6.39. The first-order chi connectivity index (χ1) is 9.08. The fourth-order valence-corrected chi connectivity index (χ4v) is 2.01. The van der Waals surface area contributed by atoms with E-state index in [9.17, 15) is 10.2 Å². The summed E-state index contributed by atoms with van der Waals surface area (Å²) in [6, 6.07) is 0. The zero-order valence-corrected chi connectivity index (χ0v) is 11.8. The van der Waals surface area contributed by atoms with Gasteiger partial charge in [0.25, 0.3) is 0 Å². The molecule has 6 nitrogen and oxygen atoms in total. The maximum absolute atomic E-state index is 10.2. The standard InChI is InChI=1S/C13H22N2O4/c1-5-8(6-2)11(16)12(17)10-13(19-4)15-9(18-3)7-14-10/h7-8,11-12,16-17H,5-6H2,1-4H3. The number of aromatic nitrogens is 2. The molecule has 0 saturated heterocycles. The quantitative estimate of drug-likeness (QED) is 0.777. The number of rotatable bonds is 7. The van der Waals surface area contributed by atoms with E-state index in [2.05, 4.69) is 9.97 Å². The molecule has 0 aliphatic heterocycles. The van der Waals surface area contributed by atoms with Crippen LogP contribution in [0.2, 0.25) is 0 Å². The van der Waals surface area contributed by atoms with E-state index in [1.54, 1.807) is 0 Å². The average Bonchev–Trinajstić information content (AvgIpc) is 2.46. The van der Waals surface area contributed by atoms with Crippen LogP contribution in [-0.4, -0.2) is 40.5 Å². The van der Waals surface area contributed by atoms with Gasteiger partial charge in [-0.15, -0.1) is 0 Å². The van der Waals surface area contributed by atoms with Crippen LogP contribution in [0.3, 0.4) is 0 Å². The molecule has 1 aromatic heterocycles. The van der Waals surface area contributed by atoms with Gasteiger partial charge < -0.3 is 19.7 Å². The van der Waals surface area contributed by atoms with E-state index >= 15 is 0 Å². The minimum atomic E-state index is -1.13. The molecular formula is C13H22N2O4. The zero-order valence-electron chi connectivity index (χ0n) is 11.8. The predicted octanol–water partition coefficient (Wildman–Crippen LogP) is 1.32. The monoisotopic (exact) mass is 270 g/mol. The van der Waals surface area contributed by atoms with Crippen LogP contribution >= 0.6 is 0 Å². The molecule has 1 heterocycles. The molecular weight excluding hydrogens is 248 g/mol. The Morgan fingerprint density at radius 1 is 1.16 bits per heavy atom. The highest BCUT2D eigenvalue weighted by Gasteiger charge is 2.29. The summed E-state index contributed by atoms with van der Waals surface area (Å²) in [5.41, 5.74) is 0.225. The van der Waals surface area contributed by atoms with Crippen LogP contribution in [0.5, 0.6) is 11.8 Å². The number of aliphatic hydroxyl groups is 2. The molecule has 0 aromatic carbocycles. The molecule has 0 saturated carbocycles. The third-order valence-corrected chi connectivity index (χ3v) is 3.28. The zero-order chi connectivity index (χ0) is 14.4. The van der Waals surface area contributed by atoms with Gasteiger partial charge in [-0.2, -0.15) is 4.98 Å². The molecule has 0 amide bonds. The van der Waals surface area contributed by atoms with E-state index in [0.29, 0.717) is 5.88 Å². The molecule has 0 fully saturated rings. The maximum atomic E-state index is 10.2. The summed E-state index contributed by atoms with van der Waals surface area (Å²) in [5.74, 6) is 0.463. The topological polar surface area (TPSA) is 84.7 Å². The van der Waals surface area contributed by atoms with Crippen LogP contribution < -0.4 is 9.47 Å². The number of methoxy groups -OCH3 is 2. The summed E-state index contributed by atoms with van der Waals surface area (Å²) < 4.78 is 10.0. The molecule has 0 radical (unpaired) electrons. The Hall–Kier alpha value is -1.40. The molecule has 2 N–H and O–H groups in total. The van der Waals surface area contributed by atoms with Crippen molar-refractivity contribution in [2.45, 2.75) is 38.9 Å². The molecule has 6 heteroatoms. The number of aliphatic hydroxyl groups excluding tert-OH is 2. The Bertz CT molecular complexity index is 396. The summed E-state index contributed by atoms with van der Waals surface area (Å²) in [7, 11) is 2.90. The summed E-state index contributed by atoms with van der Waals surface area (Å²) in [5, 5.41) is 20.4. The number of hydrogen-bond acceptors (Lipinski definition) is 6. The highest BCUT2D eigenvalue weighted by Crippen LogP contribution is 2.30. The molecule has 1 rings (SSSR count). The van der Waals surface area contributed by atoms with Gasteiger partial charge in [-0.3, -0.25) is 0 Å². The lowest BCUT2D eigenvalue weighted by atomic mass is 9.91. The van der Waals surface area contributed by atoms with Crippen LogP contribution in [0.4, 0.5) is 0 Å². The lowest BCUT2D eigenvalue weighted by Crippen LogP contribution is -2.28. The smallest absolute Gasteiger partial charge is 0.241 e. The van der Waals surface area contributed by atoms with Crippen LogP contribution in [0, 0.1) is 5.92 Å². The SMILES string of the molecule is CCC(CC)C(O)C(O)c1ncc(OC)nc1OC. The Morgan fingerprint density at radius 2 is 1.79 bits per heavy atom. The van der Waals surface area contributed by atoms with Crippen molar-refractivity contribution in [1.29, 1.82) is 0 Å². The van der Waals surface area contributed by atoms with Gasteiger partial charge >= 0.3 is 0 Å². The van der Waals surface area contributed by atoms with Crippen molar-refractivity contribution in [3.63, 3.8) is 0 Å². The minimum Gasteiger partial charge on any atom is -0.480 e. The van der Waals surface area contributed by atoms with Gasteiger partial charge in [0.1, 0.15) is 11.8 Å². The van der Waals surface area contributed by atoms with E-state index in [1.165, 1.54) is 20.4 Å². The fraction of sp³-hybridized carbons (Fsp3) is 0.692. The van der Waals surface area contributed by atoms with Gasteiger partial charge in [0.15, 0.2) is 0 Å². The van der Waals surface area contributed by atoms with Crippen molar-refractivity contribution in [3.8, 4) is 11.8 Å². The average molecular weight is 270 g/mol. The van der Waals surface area contributed by atoms with Gasteiger partial charge in [-0.05, 0) is 5.92 Å². The first-order valence-corrected chi connectivity index (χ1v) is 6.39. The summed E-state index contributed by atoms with van der Waals surface area (Å²) in [6.07, 6.45) is 0.923. The molecule has 0 spiro atoms. The number of nitrogens with zero attached hydrogens (tertiary/aromatic N) is 2. The Kier molecular flexibility index (Phi) is 5.98. The molecule has 0 bridgehead atoms. The molecule has 2 atom stereocenters. The normalized spacial score (nSPS) is 14.3. The van der Waals surface area contributed by atoms with Crippen molar-refractivity contribution in [2.75, 3.05) is 14.2 Å². The largest absolute Gasteiger partial charge is 0.480 e. The van der Waals surface area contributed by atoms with Crippen molar-refractivity contribution in [3.05, 3.63) is 11.9 Å². The second-order valence-corrected chi connectivity index (χ2v) is 4.32. The summed E-state index contributed by atoms with van der Waals surface area (Å²) in [4.78, 5) is 8.12. The minimum absolute atomic E-state index is 0.00334. The van der Waals surface area contributed by atoms with Crippen molar-refractivity contribution < 1.29 is 19.7 Å². The van der Waals surface area contributed by atoms with Crippen LogP contribution in [0.15, 0.2) is 6.20 Å². The Morgan fingerprint density at radius 3 is 2.26 bits per heavy atom. The molecule has 19 heavy (non-hydrogen) atoms. The van der Waals surface area contributed by atoms with E-state index in [4.69, 9.17) is 9.47 Å². The predicted molar refractivity (Wildman–Crippen MR) is 70.2 cm³/mol.